The van der Waals surface area contributed by atoms with Crippen molar-refractivity contribution in [3.63, 3.8) is 0 Å². The SMILES string of the molecule is F[P-](F)(F)(F)(F)F.F[P-](F)(F)(F)(F)F.F[P-](F)(F)(F)(F)F.F[P-](F)(F)(F)(F)F.c1cc2cc3ccc2cc1OCCOCCOCCOCCOc1ccc2ccc(cc2c1)OCCOCCOCCOCCO3.c1cc2ccc1C[n+]1ccc(cc1)-c1cc[n+](cc1)Cc1ccc(cc1)C[n+]1ccc(cc1)-c1cc[n+](cc1)C2. The van der Waals surface area contributed by atoms with Gasteiger partial charge in [-0.2, -0.15) is 0 Å². The number of ether oxygens (including phenoxy) is 10. The Balaban J connectivity index is 0.000000237. The topological polar surface area (TPSA) is 108 Å². The van der Waals surface area contributed by atoms with Gasteiger partial charge in [0, 0.05) is 70.8 Å². The summed E-state index contributed by atoms with van der Waals surface area (Å²) in [5, 5.41) is 4.31. The first-order chi connectivity index (χ1) is 52.4. The van der Waals surface area contributed by atoms with E-state index in [1.807, 2.05) is 72.8 Å². The van der Waals surface area contributed by atoms with Crippen LogP contribution in [0.1, 0.15) is 22.3 Å². The quantitative estimate of drug-likeness (QED) is 0.0827. The number of fused-ring (bicyclic) bond motifs is 2. The molecule has 632 valence electrons. The zero-order chi connectivity index (χ0) is 83.8. The van der Waals surface area contributed by atoms with Gasteiger partial charge in [0.05, 0.1) is 79.3 Å². The van der Waals surface area contributed by atoms with Crippen LogP contribution >= 0.6 is 31.2 Å². The van der Waals surface area contributed by atoms with Crippen LogP contribution in [0.15, 0.2) is 219 Å². The fourth-order valence-electron chi connectivity index (χ4n) is 10.1. The number of rotatable bonds is 0. The van der Waals surface area contributed by atoms with Crippen molar-refractivity contribution in [3.8, 4) is 45.3 Å². The van der Waals surface area contributed by atoms with Gasteiger partial charge in [-0.15, -0.1) is 0 Å². The van der Waals surface area contributed by atoms with Gasteiger partial charge in [0.1, 0.15) is 49.4 Å². The van der Waals surface area contributed by atoms with Gasteiger partial charge >= 0.3 is 132 Å². The number of benzene rings is 6. The van der Waals surface area contributed by atoms with Crippen LogP contribution in [0.4, 0.5) is 101 Å². The summed E-state index contributed by atoms with van der Waals surface area (Å²) in [6.45, 7) is 11.1. The van der Waals surface area contributed by atoms with Crippen LogP contribution in [0.5, 0.6) is 23.0 Å². The maximum Gasteiger partial charge on any atom is 0.173 e. The van der Waals surface area contributed by atoms with Gasteiger partial charge in [0.25, 0.3) is 0 Å². The summed E-state index contributed by atoms with van der Waals surface area (Å²) in [4.78, 5) is 0. The number of nitrogens with zero attached hydrogens (tertiary/aromatic N) is 4. The number of hydrogen-bond acceptors (Lipinski definition) is 10. The van der Waals surface area contributed by atoms with Crippen molar-refractivity contribution in [2.75, 3.05) is 106 Å². The summed E-state index contributed by atoms with van der Waals surface area (Å²) in [6.07, 6.45) is 17.4. The van der Waals surface area contributed by atoms with Crippen molar-refractivity contribution in [3.05, 3.63) is 242 Å². The zero-order valence-corrected chi connectivity index (χ0v) is 63.2. The smallest absolute Gasteiger partial charge is 0.173 e. The molecular formula is C72H76F24N4O10P4. The summed E-state index contributed by atoms with van der Waals surface area (Å²) in [5.41, 5.74) is 10.1. The fourth-order valence-corrected chi connectivity index (χ4v) is 10.1. The standard InChI is InChI=1S/C36H32N4.C36H44O10.4F6P/c1-2-30-4-3-29(1)25-37-17-9-33(10-18-37)35-13-21-39(22-14-35)27-31-5-7-32(8-6-31)28-40-23-15-36(16-24-40)34-11-19-38(26-30)20-12-34;1-5-35-27-32-28-36(6-2-29(1)32)46-24-20-42-16-12-38-10-14-40-18-22-44-34-8-4-30-25-33(7-3-31(30)26-34)43-21-17-39-13-9-37-11-15-41-19-23-45-35;4*1-7(2,3,4,5)6/h1-24H,25-28H2;1-8,25-28H,9-24H2;;;;/q+4;;4*-1. The monoisotopic (exact) mass is 1740 g/mol. The van der Waals surface area contributed by atoms with E-state index in [9.17, 15) is 101 Å². The Morgan fingerprint density at radius 1 is 0.184 bits per heavy atom. The van der Waals surface area contributed by atoms with Gasteiger partial charge in [0.15, 0.2) is 75.8 Å². The molecule has 19 bridgehead atoms. The van der Waals surface area contributed by atoms with E-state index >= 15 is 0 Å². The van der Waals surface area contributed by atoms with Gasteiger partial charge in [-0.1, -0.05) is 72.8 Å². The van der Waals surface area contributed by atoms with Crippen molar-refractivity contribution in [2.24, 2.45) is 0 Å². The minimum atomic E-state index is -10.7. The van der Waals surface area contributed by atoms with Crippen LogP contribution in [-0.4, -0.2) is 106 Å². The molecule has 10 aromatic rings. The van der Waals surface area contributed by atoms with Crippen LogP contribution in [0, 0.1) is 0 Å². The molecule has 14 nitrogen and oxygen atoms in total. The van der Waals surface area contributed by atoms with Gasteiger partial charge in [-0.05, 0) is 92.3 Å². The molecule has 4 aromatic heterocycles. The Labute approximate surface area is 635 Å². The molecule has 29 rings (SSSR count). The molecule has 0 radical (unpaired) electrons. The summed E-state index contributed by atoms with van der Waals surface area (Å²) >= 11 is 0. The van der Waals surface area contributed by atoms with E-state index in [2.05, 4.69) is 165 Å². The molecular weight excluding hydrogens is 1660 g/mol. The zero-order valence-electron chi connectivity index (χ0n) is 59.7. The Hall–Kier alpha value is -8.56. The van der Waals surface area contributed by atoms with Crippen molar-refractivity contribution in [1.29, 1.82) is 0 Å². The molecule has 0 fully saturated rings. The van der Waals surface area contributed by atoms with E-state index in [1.54, 1.807) is 0 Å². The van der Waals surface area contributed by atoms with E-state index in [-0.39, 0.29) is 0 Å². The average Bonchev–Trinajstić information content (AvgIpc) is 0.797. The van der Waals surface area contributed by atoms with E-state index < -0.39 is 31.2 Å². The maximum atomic E-state index is 9.87. The third kappa shape index (κ3) is 47.3. The third-order valence-electron chi connectivity index (χ3n) is 14.8. The maximum absolute atomic E-state index is 10.7. The molecule has 23 heterocycles. The summed E-state index contributed by atoms with van der Waals surface area (Å²) in [6, 6.07) is 59.5. The van der Waals surface area contributed by atoms with Gasteiger partial charge < -0.3 is 47.4 Å². The second-order valence-electron chi connectivity index (χ2n) is 24.9. The van der Waals surface area contributed by atoms with Crippen LogP contribution in [-0.2, 0) is 54.6 Å². The normalized spacial score (nSPS) is 17.4. The first-order valence-corrected chi connectivity index (χ1v) is 41.9. The third-order valence-corrected chi connectivity index (χ3v) is 14.8. The van der Waals surface area contributed by atoms with Crippen molar-refractivity contribution >= 4 is 52.8 Å². The predicted octanol–water partition coefficient (Wildman–Crippen LogP) is 23.5. The number of aromatic nitrogens is 4. The Kier molecular flexibility index (Phi) is 28.8. The number of halogens is 24. The Morgan fingerprint density at radius 3 is 0.526 bits per heavy atom. The van der Waals surface area contributed by atoms with Crippen LogP contribution in [0.3, 0.4) is 0 Å². The van der Waals surface area contributed by atoms with E-state index in [0.29, 0.717) is 106 Å². The van der Waals surface area contributed by atoms with Gasteiger partial charge in [-0.3, -0.25) is 0 Å². The van der Waals surface area contributed by atoms with Crippen LogP contribution < -0.4 is 37.2 Å². The first-order valence-electron chi connectivity index (χ1n) is 33.8. The molecule has 0 saturated carbocycles. The number of pyridine rings is 4. The molecule has 6 aromatic carbocycles. The minimum absolute atomic E-state index is 0.450. The molecule has 0 N–H and O–H groups in total. The molecule has 42 heteroatoms. The molecule has 19 aliphatic heterocycles. The van der Waals surface area contributed by atoms with Crippen molar-refractivity contribution in [1.82, 2.24) is 0 Å². The summed E-state index contributed by atoms with van der Waals surface area (Å²) in [7, 11) is -42.6. The van der Waals surface area contributed by atoms with E-state index in [4.69, 9.17) is 47.4 Å². The second kappa shape index (κ2) is 35.5. The molecule has 0 aliphatic carbocycles. The molecule has 0 spiro atoms. The molecule has 19 aliphatic rings. The Bertz CT molecular complexity index is 4190. The predicted molar refractivity (Wildman–Crippen MR) is 383 cm³/mol. The first kappa shape index (κ1) is 92.6. The Morgan fingerprint density at radius 2 is 0.342 bits per heavy atom. The average molecular weight is 1740 g/mol. The molecule has 0 atom stereocenters. The van der Waals surface area contributed by atoms with E-state index in [1.165, 1.54) is 44.5 Å². The van der Waals surface area contributed by atoms with Crippen molar-refractivity contribution < 1.29 is 166 Å². The van der Waals surface area contributed by atoms with Gasteiger partial charge in [0.2, 0.25) is 0 Å². The minimum Gasteiger partial charge on any atom is -0.491 e. The molecule has 0 saturated heterocycles. The van der Waals surface area contributed by atoms with Crippen LogP contribution in [0.25, 0.3) is 43.8 Å². The second-order valence-corrected chi connectivity index (χ2v) is 32.6. The van der Waals surface area contributed by atoms with Gasteiger partial charge in [-0.25, -0.2) is 18.3 Å². The molecule has 114 heavy (non-hydrogen) atoms. The summed E-state index contributed by atoms with van der Waals surface area (Å²) < 4.78 is 303. The fraction of sp³-hybridized carbons (Fsp3) is 0.278. The molecule has 0 unspecified atom stereocenters. The molecule has 0 amide bonds. The van der Waals surface area contributed by atoms with Crippen molar-refractivity contribution in [2.45, 2.75) is 26.2 Å². The largest absolute Gasteiger partial charge is 0.491 e. The van der Waals surface area contributed by atoms with E-state index in [0.717, 1.165) is 70.7 Å². The van der Waals surface area contributed by atoms with Crippen LogP contribution in [0.2, 0.25) is 0 Å². The number of hydrogen-bond donors (Lipinski definition) is 0. The summed E-state index contributed by atoms with van der Waals surface area (Å²) in [5.74, 6) is 3.16.